The predicted octanol–water partition coefficient (Wildman–Crippen LogP) is 5.48. The molecule has 2 aromatic rings. The van der Waals surface area contributed by atoms with Gasteiger partial charge in [-0.1, -0.05) is 41.9 Å². The minimum Gasteiger partial charge on any atom is -0.117 e. The van der Waals surface area contributed by atoms with Crippen molar-refractivity contribution in [3.8, 4) is 0 Å². The van der Waals surface area contributed by atoms with Crippen LogP contribution in [0.4, 0.5) is 0 Å². The summed E-state index contributed by atoms with van der Waals surface area (Å²) >= 11 is 12.6. The summed E-state index contributed by atoms with van der Waals surface area (Å²) in [6.07, 6.45) is 0.799. The molecule has 94 valence electrons. The summed E-state index contributed by atoms with van der Waals surface area (Å²) in [5.41, 5.74) is 4.90. The number of benzene rings is 2. The molecule has 0 fully saturated rings. The maximum atomic E-state index is 6.56. The lowest BCUT2D eigenvalue weighted by Crippen LogP contribution is -2.01. The van der Waals surface area contributed by atoms with Crippen LogP contribution in [0.1, 0.15) is 27.6 Å². The third-order valence-electron chi connectivity index (χ3n) is 3.16. The molecule has 0 heterocycles. The standard InChI is InChI=1S/C16H16Cl2/c1-11-5-3-6-12(2)16(11)15(18)10-13-7-4-8-14(17)9-13/h3-9,15H,10H2,1-2H3. The van der Waals surface area contributed by atoms with Crippen LogP contribution >= 0.6 is 23.2 Å². The largest absolute Gasteiger partial charge is 0.117 e. The highest BCUT2D eigenvalue weighted by molar-refractivity contribution is 6.30. The molecule has 0 N–H and O–H groups in total. The van der Waals surface area contributed by atoms with E-state index < -0.39 is 0 Å². The number of alkyl halides is 1. The summed E-state index contributed by atoms with van der Waals surface area (Å²) < 4.78 is 0. The molecular weight excluding hydrogens is 263 g/mol. The van der Waals surface area contributed by atoms with Gasteiger partial charge in [0.2, 0.25) is 0 Å². The van der Waals surface area contributed by atoms with Gasteiger partial charge in [0.25, 0.3) is 0 Å². The van der Waals surface area contributed by atoms with E-state index in [1.807, 2.05) is 18.2 Å². The van der Waals surface area contributed by atoms with Crippen LogP contribution in [0.3, 0.4) is 0 Å². The lowest BCUT2D eigenvalue weighted by atomic mass is 9.96. The molecule has 0 spiro atoms. The van der Waals surface area contributed by atoms with Gasteiger partial charge in [0.15, 0.2) is 0 Å². The SMILES string of the molecule is Cc1cccc(C)c1C(Cl)Cc1cccc(Cl)c1. The lowest BCUT2D eigenvalue weighted by Gasteiger charge is -2.16. The second-order valence-electron chi connectivity index (χ2n) is 4.61. The Hall–Kier alpha value is -0.980. The molecule has 0 aliphatic rings. The Morgan fingerprint density at radius 2 is 1.61 bits per heavy atom. The highest BCUT2D eigenvalue weighted by Crippen LogP contribution is 2.30. The average molecular weight is 279 g/mol. The Morgan fingerprint density at radius 3 is 2.22 bits per heavy atom. The summed E-state index contributed by atoms with van der Waals surface area (Å²) in [7, 11) is 0. The van der Waals surface area contributed by atoms with Crippen molar-refractivity contribution in [2.75, 3.05) is 0 Å². The van der Waals surface area contributed by atoms with Crippen LogP contribution in [0.15, 0.2) is 42.5 Å². The van der Waals surface area contributed by atoms with Gasteiger partial charge >= 0.3 is 0 Å². The quantitative estimate of drug-likeness (QED) is 0.653. The number of aryl methyl sites for hydroxylation is 2. The zero-order chi connectivity index (χ0) is 13.1. The lowest BCUT2D eigenvalue weighted by molar-refractivity contribution is 0.900. The van der Waals surface area contributed by atoms with E-state index in [2.05, 4.69) is 38.1 Å². The molecule has 1 atom stereocenters. The zero-order valence-corrected chi connectivity index (χ0v) is 12.1. The highest BCUT2D eigenvalue weighted by Gasteiger charge is 2.13. The smallest absolute Gasteiger partial charge is 0.0630 e. The topological polar surface area (TPSA) is 0 Å². The van der Waals surface area contributed by atoms with Gasteiger partial charge in [-0.25, -0.2) is 0 Å². The molecule has 0 aliphatic carbocycles. The van der Waals surface area contributed by atoms with Crippen LogP contribution in [0.5, 0.6) is 0 Å². The van der Waals surface area contributed by atoms with E-state index in [0.29, 0.717) is 0 Å². The first-order chi connectivity index (χ1) is 8.58. The van der Waals surface area contributed by atoms with Crippen LogP contribution in [0.25, 0.3) is 0 Å². The molecule has 0 saturated heterocycles. The zero-order valence-electron chi connectivity index (χ0n) is 10.6. The molecule has 0 amide bonds. The van der Waals surface area contributed by atoms with Crippen molar-refractivity contribution in [3.63, 3.8) is 0 Å². The number of halogens is 2. The molecule has 0 nitrogen and oxygen atoms in total. The van der Waals surface area contributed by atoms with E-state index >= 15 is 0 Å². The van der Waals surface area contributed by atoms with Gasteiger partial charge < -0.3 is 0 Å². The molecule has 0 saturated carbocycles. The average Bonchev–Trinajstić information content (AvgIpc) is 2.28. The van der Waals surface area contributed by atoms with Crippen molar-refractivity contribution in [2.24, 2.45) is 0 Å². The van der Waals surface area contributed by atoms with Crippen LogP contribution in [0, 0.1) is 13.8 Å². The predicted molar refractivity (Wildman–Crippen MR) is 79.7 cm³/mol. The highest BCUT2D eigenvalue weighted by atomic mass is 35.5. The minimum absolute atomic E-state index is 0.00957. The normalized spacial score (nSPS) is 12.4. The maximum Gasteiger partial charge on any atom is 0.0630 e. The van der Waals surface area contributed by atoms with Crippen LogP contribution in [-0.4, -0.2) is 0 Å². The van der Waals surface area contributed by atoms with E-state index in [9.17, 15) is 0 Å². The second-order valence-corrected chi connectivity index (χ2v) is 5.57. The first-order valence-electron chi connectivity index (χ1n) is 6.02. The molecule has 0 bridgehead atoms. The second kappa shape index (κ2) is 5.77. The summed E-state index contributed by atoms with van der Waals surface area (Å²) in [6.45, 7) is 4.21. The molecule has 2 rings (SSSR count). The van der Waals surface area contributed by atoms with Gasteiger partial charge in [0, 0.05) is 5.02 Å². The van der Waals surface area contributed by atoms with E-state index in [4.69, 9.17) is 23.2 Å². The van der Waals surface area contributed by atoms with Gasteiger partial charge in [0.1, 0.15) is 0 Å². The Balaban J connectivity index is 2.25. The van der Waals surface area contributed by atoms with Crippen molar-refractivity contribution in [2.45, 2.75) is 25.6 Å². The summed E-state index contributed by atoms with van der Waals surface area (Å²) in [5.74, 6) is 0. The molecule has 1 unspecified atom stereocenters. The van der Waals surface area contributed by atoms with Gasteiger partial charge in [-0.05, 0) is 54.7 Å². The molecule has 0 aromatic heterocycles. The molecule has 0 radical (unpaired) electrons. The third kappa shape index (κ3) is 3.07. The minimum atomic E-state index is -0.00957. The first kappa shape index (κ1) is 13.5. The number of rotatable bonds is 3. The van der Waals surface area contributed by atoms with Gasteiger partial charge in [-0.3, -0.25) is 0 Å². The Morgan fingerprint density at radius 1 is 1.00 bits per heavy atom. The van der Waals surface area contributed by atoms with E-state index in [0.717, 1.165) is 11.4 Å². The summed E-state index contributed by atoms with van der Waals surface area (Å²) in [6, 6.07) is 14.2. The Kier molecular flexibility index (Phi) is 4.31. The van der Waals surface area contributed by atoms with Crippen molar-refractivity contribution in [3.05, 3.63) is 69.7 Å². The summed E-state index contributed by atoms with van der Waals surface area (Å²) in [5, 5.41) is 0.752. The first-order valence-corrected chi connectivity index (χ1v) is 6.84. The summed E-state index contributed by atoms with van der Waals surface area (Å²) in [4.78, 5) is 0. The number of hydrogen-bond donors (Lipinski definition) is 0. The van der Waals surface area contributed by atoms with Crippen molar-refractivity contribution in [1.82, 2.24) is 0 Å². The molecule has 18 heavy (non-hydrogen) atoms. The van der Waals surface area contributed by atoms with E-state index in [1.54, 1.807) is 0 Å². The third-order valence-corrected chi connectivity index (χ3v) is 3.77. The Labute approximate surface area is 119 Å². The van der Waals surface area contributed by atoms with Crippen molar-refractivity contribution < 1.29 is 0 Å². The van der Waals surface area contributed by atoms with Crippen molar-refractivity contribution in [1.29, 1.82) is 0 Å². The van der Waals surface area contributed by atoms with E-state index in [-0.39, 0.29) is 5.38 Å². The van der Waals surface area contributed by atoms with Gasteiger partial charge in [-0.15, -0.1) is 11.6 Å². The van der Waals surface area contributed by atoms with Gasteiger partial charge in [0.05, 0.1) is 5.38 Å². The molecule has 0 aliphatic heterocycles. The fourth-order valence-electron chi connectivity index (χ4n) is 2.29. The van der Waals surface area contributed by atoms with Crippen LogP contribution in [-0.2, 0) is 6.42 Å². The maximum absolute atomic E-state index is 6.56. The molecule has 2 heteroatoms. The fourth-order valence-corrected chi connectivity index (χ4v) is 3.03. The monoisotopic (exact) mass is 278 g/mol. The van der Waals surface area contributed by atoms with Crippen molar-refractivity contribution >= 4 is 23.2 Å². The van der Waals surface area contributed by atoms with Gasteiger partial charge in [-0.2, -0.15) is 0 Å². The van der Waals surface area contributed by atoms with E-state index in [1.165, 1.54) is 22.3 Å². The van der Waals surface area contributed by atoms with Crippen LogP contribution in [0.2, 0.25) is 5.02 Å². The fraction of sp³-hybridized carbons (Fsp3) is 0.250. The number of hydrogen-bond acceptors (Lipinski definition) is 0. The molecular formula is C16H16Cl2. The van der Waals surface area contributed by atoms with Crippen LogP contribution < -0.4 is 0 Å². The Bertz CT molecular complexity index is 526. The molecule has 2 aromatic carbocycles.